The van der Waals surface area contributed by atoms with E-state index >= 15 is 0 Å². The van der Waals surface area contributed by atoms with Gasteiger partial charge in [0.2, 0.25) is 5.91 Å². The summed E-state index contributed by atoms with van der Waals surface area (Å²) in [7, 11) is 0. The third-order valence-electron chi connectivity index (χ3n) is 6.20. The van der Waals surface area contributed by atoms with Crippen molar-refractivity contribution in [3.8, 4) is 16.9 Å². The molecule has 0 N–H and O–H groups in total. The summed E-state index contributed by atoms with van der Waals surface area (Å²) in [4.78, 5) is 15.6. The highest BCUT2D eigenvalue weighted by Gasteiger charge is 2.19. The van der Waals surface area contributed by atoms with Crippen molar-refractivity contribution in [2.75, 3.05) is 6.61 Å². The van der Waals surface area contributed by atoms with Gasteiger partial charge < -0.3 is 9.64 Å². The van der Waals surface area contributed by atoms with Crippen LogP contribution in [0.25, 0.3) is 11.1 Å². The maximum Gasteiger partial charge on any atom is 0.227 e. The molecule has 5 rings (SSSR count). The first-order valence-corrected chi connectivity index (χ1v) is 11.9. The quantitative estimate of drug-likeness (QED) is 0.302. The zero-order valence-corrected chi connectivity index (χ0v) is 19.7. The predicted molar refractivity (Wildman–Crippen MR) is 137 cm³/mol. The van der Waals surface area contributed by atoms with Crippen molar-refractivity contribution in [3.05, 3.63) is 124 Å². The van der Waals surface area contributed by atoms with Gasteiger partial charge in [-0.3, -0.25) is 4.79 Å². The summed E-state index contributed by atoms with van der Waals surface area (Å²) in [5.41, 5.74) is 6.44. The molecule has 1 amide bonds. The van der Waals surface area contributed by atoms with Crippen molar-refractivity contribution < 1.29 is 9.53 Å². The predicted octanol–water partition coefficient (Wildman–Crippen LogP) is 6.71. The highest BCUT2D eigenvalue weighted by atomic mass is 35.5. The van der Waals surface area contributed by atoms with Gasteiger partial charge >= 0.3 is 0 Å². The Morgan fingerprint density at radius 2 is 1.56 bits per heavy atom. The molecule has 1 aliphatic rings. The van der Waals surface area contributed by atoms with E-state index in [0.29, 0.717) is 18.1 Å². The van der Waals surface area contributed by atoms with Gasteiger partial charge in [-0.25, -0.2) is 0 Å². The second kappa shape index (κ2) is 10.1. The highest BCUT2D eigenvalue weighted by molar-refractivity contribution is 6.30. The lowest BCUT2D eigenvalue weighted by atomic mass is 9.97. The van der Waals surface area contributed by atoms with Gasteiger partial charge in [0.05, 0.1) is 13.0 Å². The Kier molecular flexibility index (Phi) is 6.64. The minimum absolute atomic E-state index is 0.0599. The van der Waals surface area contributed by atoms with Crippen LogP contribution < -0.4 is 4.74 Å². The van der Waals surface area contributed by atoms with E-state index in [4.69, 9.17) is 16.3 Å². The number of halogens is 1. The number of amides is 1. The topological polar surface area (TPSA) is 29.5 Å². The van der Waals surface area contributed by atoms with E-state index in [1.165, 1.54) is 5.56 Å². The Morgan fingerprint density at radius 1 is 0.824 bits per heavy atom. The SMILES string of the molecule is O=C(Cc1cc(Cl)ccc1-c1ccccc1)N(Cc1ccccc1)Cc1ccc2c(c1)OCC2. The van der Waals surface area contributed by atoms with Crippen LogP contribution in [0.5, 0.6) is 5.75 Å². The molecule has 0 unspecified atom stereocenters. The molecule has 0 aliphatic carbocycles. The molecular weight excluding hydrogens is 442 g/mol. The molecule has 0 saturated heterocycles. The Balaban J connectivity index is 1.43. The summed E-state index contributed by atoms with van der Waals surface area (Å²) in [6.07, 6.45) is 1.22. The molecule has 3 nitrogen and oxygen atoms in total. The molecule has 0 fully saturated rings. The molecule has 0 radical (unpaired) electrons. The van der Waals surface area contributed by atoms with Gasteiger partial charge in [0.25, 0.3) is 0 Å². The summed E-state index contributed by atoms with van der Waals surface area (Å²) in [6, 6.07) is 32.3. The smallest absolute Gasteiger partial charge is 0.227 e. The number of rotatable bonds is 7. The molecule has 0 spiro atoms. The average molecular weight is 468 g/mol. The normalized spacial score (nSPS) is 12.1. The molecule has 34 heavy (non-hydrogen) atoms. The van der Waals surface area contributed by atoms with Crippen LogP contribution in [-0.2, 0) is 30.7 Å². The van der Waals surface area contributed by atoms with Crippen molar-refractivity contribution in [3.63, 3.8) is 0 Å². The Bertz CT molecular complexity index is 1290. The van der Waals surface area contributed by atoms with Gasteiger partial charge in [0.15, 0.2) is 0 Å². The van der Waals surface area contributed by atoms with Gasteiger partial charge in [-0.15, -0.1) is 0 Å². The Hall–Kier alpha value is -3.56. The van der Waals surface area contributed by atoms with Gasteiger partial charge in [-0.1, -0.05) is 90.5 Å². The van der Waals surface area contributed by atoms with Crippen LogP contribution in [0.1, 0.15) is 22.3 Å². The number of nitrogens with zero attached hydrogens (tertiary/aromatic N) is 1. The van der Waals surface area contributed by atoms with Crippen LogP contribution in [0.4, 0.5) is 0 Å². The number of fused-ring (bicyclic) bond motifs is 1. The summed E-state index contributed by atoms with van der Waals surface area (Å²) < 4.78 is 5.75. The fourth-order valence-electron chi connectivity index (χ4n) is 4.45. The summed E-state index contributed by atoms with van der Waals surface area (Å²) >= 11 is 6.34. The second-order valence-electron chi connectivity index (χ2n) is 8.62. The maximum atomic E-state index is 13.7. The van der Waals surface area contributed by atoms with Gasteiger partial charge in [-0.05, 0) is 51.6 Å². The van der Waals surface area contributed by atoms with E-state index in [1.54, 1.807) is 0 Å². The van der Waals surface area contributed by atoms with Crippen LogP contribution in [0, 0.1) is 0 Å². The molecule has 0 aromatic heterocycles. The fourth-order valence-corrected chi connectivity index (χ4v) is 4.64. The van der Waals surface area contributed by atoms with E-state index in [2.05, 4.69) is 42.5 Å². The van der Waals surface area contributed by atoms with E-state index in [1.807, 2.05) is 59.5 Å². The molecule has 1 heterocycles. The number of ether oxygens (including phenoxy) is 1. The van der Waals surface area contributed by atoms with Crippen molar-refractivity contribution >= 4 is 17.5 Å². The number of benzene rings is 4. The Labute approximate surface area is 205 Å². The molecule has 4 aromatic rings. The number of carbonyl (C=O) groups excluding carboxylic acids is 1. The summed E-state index contributed by atoms with van der Waals surface area (Å²) in [5.74, 6) is 0.996. The number of carbonyl (C=O) groups is 1. The van der Waals surface area contributed by atoms with E-state index in [0.717, 1.165) is 46.6 Å². The van der Waals surface area contributed by atoms with Crippen LogP contribution in [0.3, 0.4) is 0 Å². The largest absolute Gasteiger partial charge is 0.493 e. The minimum atomic E-state index is 0.0599. The monoisotopic (exact) mass is 467 g/mol. The van der Waals surface area contributed by atoms with Crippen LogP contribution >= 0.6 is 11.6 Å². The first kappa shape index (κ1) is 22.2. The molecule has 0 bridgehead atoms. The molecule has 0 atom stereocenters. The van der Waals surface area contributed by atoms with Crippen molar-refractivity contribution in [1.82, 2.24) is 4.90 Å². The third-order valence-corrected chi connectivity index (χ3v) is 6.43. The molecule has 170 valence electrons. The lowest BCUT2D eigenvalue weighted by molar-refractivity contribution is -0.131. The molecular formula is C30H26ClNO2. The average Bonchev–Trinajstić information content (AvgIpc) is 3.33. The van der Waals surface area contributed by atoms with E-state index in [-0.39, 0.29) is 12.3 Å². The summed E-state index contributed by atoms with van der Waals surface area (Å²) in [6.45, 7) is 1.78. The Morgan fingerprint density at radius 3 is 2.35 bits per heavy atom. The molecule has 4 heteroatoms. The third kappa shape index (κ3) is 5.16. The maximum absolute atomic E-state index is 13.7. The zero-order chi connectivity index (χ0) is 23.3. The van der Waals surface area contributed by atoms with Crippen LogP contribution in [-0.4, -0.2) is 17.4 Å². The summed E-state index contributed by atoms with van der Waals surface area (Å²) in [5, 5.41) is 0.632. The van der Waals surface area contributed by atoms with E-state index in [9.17, 15) is 4.79 Å². The van der Waals surface area contributed by atoms with Crippen molar-refractivity contribution in [1.29, 1.82) is 0 Å². The van der Waals surface area contributed by atoms with E-state index < -0.39 is 0 Å². The lowest BCUT2D eigenvalue weighted by Gasteiger charge is -2.24. The molecule has 4 aromatic carbocycles. The lowest BCUT2D eigenvalue weighted by Crippen LogP contribution is -2.31. The first-order valence-electron chi connectivity index (χ1n) is 11.6. The number of hydrogen-bond donors (Lipinski definition) is 0. The van der Waals surface area contributed by atoms with Crippen LogP contribution in [0.15, 0.2) is 97.1 Å². The first-order chi connectivity index (χ1) is 16.7. The number of hydrogen-bond acceptors (Lipinski definition) is 2. The second-order valence-corrected chi connectivity index (χ2v) is 9.06. The van der Waals surface area contributed by atoms with Gasteiger partial charge in [-0.2, -0.15) is 0 Å². The van der Waals surface area contributed by atoms with Crippen molar-refractivity contribution in [2.45, 2.75) is 25.9 Å². The molecule has 0 saturated carbocycles. The standard InChI is InChI=1S/C30H26ClNO2/c31-27-13-14-28(24-9-5-2-6-10-24)26(18-27)19-30(33)32(20-22-7-3-1-4-8-22)21-23-11-12-25-15-16-34-29(25)17-23/h1-14,17-18H,15-16,19-21H2. The zero-order valence-electron chi connectivity index (χ0n) is 18.9. The van der Waals surface area contributed by atoms with Gasteiger partial charge in [0, 0.05) is 24.5 Å². The fraction of sp³-hybridized carbons (Fsp3) is 0.167. The van der Waals surface area contributed by atoms with Gasteiger partial charge in [0.1, 0.15) is 5.75 Å². The highest BCUT2D eigenvalue weighted by Crippen LogP contribution is 2.29. The minimum Gasteiger partial charge on any atom is -0.493 e. The van der Waals surface area contributed by atoms with Crippen molar-refractivity contribution in [2.24, 2.45) is 0 Å². The van der Waals surface area contributed by atoms with Crippen LogP contribution in [0.2, 0.25) is 5.02 Å². The molecule has 1 aliphatic heterocycles.